The number of ether oxygens (including phenoxy) is 1. The molecule has 0 saturated carbocycles. The summed E-state index contributed by atoms with van der Waals surface area (Å²) in [6, 6.07) is 12.6. The lowest BCUT2D eigenvalue weighted by molar-refractivity contribution is -0.120. The second-order valence-corrected chi connectivity index (χ2v) is 5.26. The van der Waals surface area contributed by atoms with Crippen LogP contribution in [-0.4, -0.2) is 18.9 Å². The Balaban J connectivity index is 2.12. The van der Waals surface area contributed by atoms with Gasteiger partial charge in [-0.1, -0.05) is 30.3 Å². The molecule has 2 amide bonds. The minimum atomic E-state index is -0.453. The summed E-state index contributed by atoms with van der Waals surface area (Å²) in [4.78, 5) is 23.7. The van der Waals surface area contributed by atoms with Crippen molar-refractivity contribution in [2.24, 2.45) is 0 Å². The number of rotatable bonds is 6. The summed E-state index contributed by atoms with van der Waals surface area (Å²) >= 11 is 0. The summed E-state index contributed by atoms with van der Waals surface area (Å²) in [6.45, 7) is 1.40. The molecule has 2 rings (SSSR count). The Morgan fingerprint density at radius 3 is 2.50 bits per heavy atom. The van der Waals surface area contributed by atoms with Crippen molar-refractivity contribution in [3.05, 3.63) is 59.9 Å². The normalized spacial score (nSPS) is 11.5. The average Bonchev–Trinajstić information content (AvgIpc) is 2.56. The van der Waals surface area contributed by atoms with E-state index in [2.05, 4.69) is 10.6 Å². The quantitative estimate of drug-likeness (QED) is 0.855. The van der Waals surface area contributed by atoms with Gasteiger partial charge in [0.1, 0.15) is 11.6 Å². The molecule has 24 heavy (non-hydrogen) atoms. The van der Waals surface area contributed by atoms with E-state index in [-0.39, 0.29) is 24.0 Å². The first-order valence-corrected chi connectivity index (χ1v) is 7.45. The van der Waals surface area contributed by atoms with Gasteiger partial charge >= 0.3 is 0 Å². The van der Waals surface area contributed by atoms with Crippen LogP contribution in [0.3, 0.4) is 0 Å². The Hall–Kier alpha value is -2.89. The Kier molecular flexibility index (Phi) is 5.89. The van der Waals surface area contributed by atoms with Gasteiger partial charge in [0.15, 0.2) is 0 Å². The van der Waals surface area contributed by atoms with E-state index in [1.807, 2.05) is 30.3 Å². The molecule has 0 spiro atoms. The van der Waals surface area contributed by atoms with E-state index in [1.165, 1.54) is 32.2 Å². The number of benzene rings is 2. The zero-order chi connectivity index (χ0) is 17.5. The summed E-state index contributed by atoms with van der Waals surface area (Å²) in [6.07, 6.45) is 0.0458. The molecule has 1 atom stereocenters. The highest BCUT2D eigenvalue weighted by atomic mass is 19.1. The fourth-order valence-corrected chi connectivity index (χ4v) is 2.34. The molecule has 0 radical (unpaired) electrons. The Morgan fingerprint density at radius 2 is 1.88 bits per heavy atom. The van der Waals surface area contributed by atoms with Crippen LogP contribution in [0.25, 0.3) is 0 Å². The molecule has 0 aliphatic carbocycles. The Bertz CT molecular complexity index is 719. The summed E-state index contributed by atoms with van der Waals surface area (Å²) in [5, 5.41) is 5.44. The summed E-state index contributed by atoms with van der Waals surface area (Å²) in [7, 11) is 1.40. The van der Waals surface area contributed by atoms with Gasteiger partial charge in [0.05, 0.1) is 25.3 Å². The van der Waals surface area contributed by atoms with Crippen LogP contribution in [0.15, 0.2) is 48.5 Å². The van der Waals surface area contributed by atoms with Crippen molar-refractivity contribution < 1.29 is 18.7 Å². The molecule has 0 aliphatic heterocycles. The van der Waals surface area contributed by atoms with Crippen molar-refractivity contribution >= 4 is 17.5 Å². The van der Waals surface area contributed by atoms with Crippen molar-refractivity contribution in [3.63, 3.8) is 0 Å². The summed E-state index contributed by atoms with van der Waals surface area (Å²) < 4.78 is 18.3. The maximum absolute atomic E-state index is 13.2. The molecule has 5 nitrogen and oxygen atoms in total. The number of anilines is 1. The predicted octanol–water partition coefficient (Wildman–Crippen LogP) is 3.04. The van der Waals surface area contributed by atoms with Gasteiger partial charge in [0.25, 0.3) is 0 Å². The topological polar surface area (TPSA) is 67.4 Å². The van der Waals surface area contributed by atoms with Gasteiger partial charge in [0, 0.05) is 13.0 Å². The van der Waals surface area contributed by atoms with Gasteiger partial charge in [-0.2, -0.15) is 0 Å². The van der Waals surface area contributed by atoms with Crippen molar-refractivity contribution in [2.75, 3.05) is 12.4 Å². The molecule has 6 heteroatoms. The van der Waals surface area contributed by atoms with E-state index in [1.54, 1.807) is 0 Å². The molecule has 126 valence electrons. The highest BCUT2D eigenvalue weighted by Crippen LogP contribution is 2.26. The molecule has 0 aromatic heterocycles. The lowest BCUT2D eigenvalue weighted by Gasteiger charge is -2.18. The van der Waals surface area contributed by atoms with Gasteiger partial charge in [-0.05, 0) is 17.7 Å². The molecule has 0 fully saturated rings. The van der Waals surface area contributed by atoms with Crippen LogP contribution in [-0.2, 0) is 9.59 Å². The number of halogens is 1. The predicted molar refractivity (Wildman–Crippen MR) is 89.2 cm³/mol. The van der Waals surface area contributed by atoms with Crippen molar-refractivity contribution in [1.29, 1.82) is 0 Å². The van der Waals surface area contributed by atoms with Crippen LogP contribution < -0.4 is 15.4 Å². The molecular weight excluding hydrogens is 311 g/mol. The van der Waals surface area contributed by atoms with Gasteiger partial charge < -0.3 is 15.4 Å². The number of carbonyl (C=O) groups is 2. The Labute approximate surface area is 139 Å². The van der Waals surface area contributed by atoms with Crippen LogP contribution in [0.2, 0.25) is 0 Å². The van der Waals surface area contributed by atoms with Crippen LogP contribution in [0.4, 0.5) is 10.1 Å². The van der Waals surface area contributed by atoms with Gasteiger partial charge in [-0.25, -0.2) is 4.39 Å². The number of hydrogen-bond donors (Lipinski definition) is 2. The van der Waals surface area contributed by atoms with Gasteiger partial charge in [-0.15, -0.1) is 0 Å². The number of carbonyl (C=O) groups excluding carboxylic acids is 2. The maximum atomic E-state index is 13.2. The highest BCUT2D eigenvalue weighted by molar-refractivity contribution is 5.93. The zero-order valence-electron chi connectivity index (χ0n) is 13.5. The largest absolute Gasteiger partial charge is 0.494 e. The van der Waals surface area contributed by atoms with E-state index in [4.69, 9.17) is 4.74 Å². The van der Waals surface area contributed by atoms with Gasteiger partial charge in [-0.3, -0.25) is 9.59 Å². The molecule has 0 aliphatic rings. The first-order valence-electron chi connectivity index (χ1n) is 7.45. The van der Waals surface area contributed by atoms with E-state index in [9.17, 15) is 14.0 Å². The first-order chi connectivity index (χ1) is 11.5. The summed E-state index contributed by atoms with van der Waals surface area (Å²) in [5.74, 6) is -0.761. The van der Waals surface area contributed by atoms with Gasteiger partial charge in [0.2, 0.25) is 11.8 Å². The monoisotopic (exact) mass is 330 g/mol. The van der Waals surface area contributed by atoms with Crippen molar-refractivity contribution in [3.8, 4) is 5.75 Å². The fraction of sp³-hybridized carbons (Fsp3) is 0.222. The molecule has 2 N–H and O–H groups in total. The third kappa shape index (κ3) is 4.81. The molecule has 0 heterocycles. The second-order valence-electron chi connectivity index (χ2n) is 5.26. The van der Waals surface area contributed by atoms with E-state index in [0.29, 0.717) is 5.69 Å². The molecule has 0 saturated heterocycles. The minimum Gasteiger partial charge on any atom is -0.494 e. The van der Waals surface area contributed by atoms with Crippen LogP contribution in [0, 0.1) is 5.82 Å². The van der Waals surface area contributed by atoms with Crippen molar-refractivity contribution in [2.45, 2.75) is 19.4 Å². The fourth-order valence-electron chi connectivity index (χ4n) is 2.34. The lowest BCUT2D eigenvalue weighted by Crippen LogP contribution is -2.29. The van der Waals surface area contributed by atoms with Crippen molar-refractivity contribution in [1.82, 2.24) is 5.32 Å². The molecule has 0 unspecified atom stereocenters. The third-order valence-electron chi connectivity index (χ3n) is 3.41. The maximum Gasteiger partial charge on any atom is 0.226 e. The number of amides is 2. The van der Waals surface area contributed by atoms with E-state index < -0.39 is 11.9 Å². The molecular formula is C18H19FN2O3. The van der Waals surface area contributed by atoms with E-state index in [0.717, 1.165) is 5.56 Å². The van der Waals surface area contributed by atoms with Crippen LogP contribution >= 0.6 is 0 Å². The second kappa shape index (κ2) is 8.10. The van der Waals surface area contributed by atoms with Crippen LogP contribution in [0.1, 0.15) is 24.9 Å². The summed E-state index contributed by atoms with van der Waals surface area (Å²) in [5.41, 5.74) is 1.20. The van der Waals surface area contributed by atoms with Crippen LogP contribution in [0.5, 0.6) is 5.75 Å². The van der Waals surface area contributed by atoms with E-state index >= 15 is 0 Å². The zero-order valence-corrected chi connectivity index (χ0v) is 13.5. The number of hydrogen-bond acceptors (Lipinski definition) is 3. The lowest BCUT2D eigenvalue weighted by atomic mass is 10.0. The standard InChI is InChI=1S/C18H19FN2O3/c1-12(22)20-16(13-6-4-3-5-7-13)11-18(23)21-15-9-8-14(19)10-17(15)24-2/h3-10,16H,11H2,1-2H3,(H,20,22)(H,21,23)/t16-/m0/s1. The Morgan fingerprint density at radius 1 is 1.17 bits per heavy atom. The molecule has 0 bridgehead atoms. The third-order valence-corrected chi connectivity index (χ3v) is 3.41. The molecule has 2 aromatic carbocycles. The number of nitrogens with one attached hydrogen (secondary N) is 2. The highest BCUT2D eigenvalue weighted by Gasteiger charge is 2.18. The average molecular weight is 330 g/mol. The molecule has 2 aromatic rings. The smallest absolute Gasteiger partial charge is 0.226 e. The number of methoxy groups -OCH3 is 1. The SMILES string of the molecule is COc1cc(F)ccc1NC(=O)C[C@H](NC(C)=O)c1ccccc1. The minimum absolute atomic E-state index is 0.0458. The first kappa shape index (κ1) is 17.5.